The van der Waals surface area contributed by atoms with Crippen LogP contribution < -0.4 is 20.3 Å². The van der Waals surface area contributed by atoms with Crippen LogP contribution in [0, 0.1) is 0 Å². The van der Waals surface area contributed by atoms with Crippen LogP contribution in [0.5, 0.6) is 11.5 Å². The summed E-state index contributed by atoms with van der Waals surface area (Å²) >= 11 is 0. The van der Waals surface area contributed by atoms with Gasteiger partial charge in [0.2, 0.25) is 0 Å². The number of hydrazine groups is 1. The first kappa shape index (κ1) is 21.0. The lowest BCUT2D eigenvalue weighted by Crippen LogP contribution is -2.43. The molecule has 0 aliphatic carbocycles. The first-order valence-electron chi connectivity index (χ1n) is 9.60. The summed E-state index contributed by atoms with van der Waals surface area (Å²) in [7, 11) is 0. The van der Waals surface area contributed by atoms with Gasteiger partial charge in [-0.3, -0.25) is 20.4 Å². The van der Waals surface area contributed by atoms with Crippen molar-refractivity contribution in [2.24, 2.45) is 0 Å². The highest BCUT2D eigenvalue weighted by atomic mass is 16.5. The summed E-state index contributed by atoms with van der Waals surface area (Å²) in [4.78, 5) is 24.0. The summed E-state index contributed by atoms with van der Waals surface area (Å²) in [5.74, 6) is 1.19. The lowest BCUT2D eigenvalue weighted by molar-refractivity contribution is -0.123. The van der Waals surface area contributed by atoms with Crippen molar-refractivity contribution in [3.05, 3.63) is 83.8 Å². The number of ether oxygens (including phenoxy) is 2. The largest absolute Gasteiger partial charge is 0.486 e. The monoisotopic (exact) mass is 408 g/mol. The van der Waals surface area contributed by atoms with Crippen molar-refractivity contribution in [1.29, 1.82) is 0 Å². The molecule has 0 aliphatic rings. The molecule has 0 bridgehead atoms. The van der Waals surface area contributed by atoms with E-state index in [0.717, 1.165) is 0 Å². The number of carbonyl (C=O) groups is 2. The normalized spacial score (nSPS) is 10.5. The molecule has 0 spiro atoms. The van der Waals surface area contributed by atoms with E-state index < -0.39 is 11.8 Å². The Labute approximate surface area is 175 Å². The second kappa shape index (κ2) is 10.2. The van der Waals surface area contributed by atoms with Crippen molar-refractivity contribution in [2.45, 2.75) is 26.4 Å². The number of amides is 2. The molecule has 7 heteroatoms. The number of nitrogens with one attached hydrogen (secondary N) is 2. The number of furan rings is 1. The molecule has 0 unspecified atom stereocenters. The van der Waals surface area contributed by atoms with Crippen LogP contribution in [0.2, 0.25) is 0 Å². The van der Waals surface area contributed by atoms with Gasteiger partial charge in [-0.15, -0.1) is 0 Å². The Kier molecular flexibility index (Phi) is 7.10. The molecule has 156 valence electrons. The molecule has 0 atom stereocenters. The highest BCUT2D eigenvalue weighted by molar-refractivity contribution is 5.93. The zero-order valence-corrected chi connectivity index (χ0v) is 16.9. The second-order valence-corrected chi connectivity index (χ2v) is 6.88. The van der Waals surface area contributed by atoms with E-state index >= 15 is 0 Å². The maximum atomic E-state index is 12.1. The van der Waals surface area contributed by atoms with Crippen LogP contribution in [-0.4, -0.2) is 18.4 Å². The summed E-state index contributed by atoms with van der Waals surface area (Å²) in [5, 5.41) is 0. The van der Waals surface area contributed by atoms with Gasteiger partial charge >= 0.3 is 5.91 Å². The van der Waals surface area contributed by atoms with E-state index in [0.29, 0.717) is 23.2 Å². The van der Waals surface area contributed by atoms with Crippen molar-refractivity contribution >= 4 is 11.8 Å². The van der Waals surface area contributed by atoms with Gasteiger partial charge in [0.25, 0.3) is 5.91 Å². The predicted molar refractivity (Wildman–Crippen MR) is 111 cm³/mol. The molecule has 2 amide bonds. The third kappa shape index (κ3) is 6.13. The van der Waals surface area contributed by atoms with Gasteiger partial charge in [-0.25, -0.2) is 0 Å². The zero-order valence-electron chi connectivity index (χ0n) is 16.9. The fourth-order valence-electron chi connectivity index (χ4n) is 2.57. The van der Waals surface area contributed by atoms with Crippen molar-refractivity contribution in [1.82, 2.24) is 10.9 Å². The highest BCUT2D eigenvalue weighted by Gasteiger charge is 2.13. The van der Waals surface area contributed by atoms with Crippen LogP contribution in [-0.2, 0) is 11.4 Å². The molecule has 3 rings (SSSR count). The summed E-state index contributed by atoms with van der Waals surface area (Å²) in [6.45, 7) is 4.16. The Morgan fingerprint density at radius 2 is 1.57 bits per heavy atom. The van der Waals surface area contributed by atoms with E-state index in [1.165, 1.54) is 11.6 Å². The number of hydrogen-bond donors (Lipinski definition) is 2. The molecule has 0 radical (unpaired) electrons. The van der Waals surface area contributed by atoms with Gasteiger partial charge in [-0.1, -0.05) is 44.2 Å². The van der Waals surface area contributed by atoms with Gasteiger partial charge in [-0.05, 0) is 47.9 Å². The number of carbonyl (C=O) groups excluding carboxylic acids is 2. The molecule has 0 saturated heterocycles. The van der Waals surface area contributed by atoms with Gasteiger partial charge < -0.3 is 13.9 Å². The molecular formula is C23H24N2O5. The van der Waals surface area contributed by atoms with E-state index in [-0.39, 0.29) is 19.0 Å². The maximum Gasteiger partial charge on any atom is 0.305 e. The topological polar surface area (TPSA) is 89.8 Å². The van der Waals surface area contributed by atoms with E-state index in [2.05, 4.69) is 24.7 Å². The smallest absolute Gasteiger partial charge is 0.305 e. The van der Waals surface area contributed by atoms with Crippen LogP contribution in [0.3, 0.4) is 0 Å². The van der Waals surface area contributed by atoms with Crippen LogP contribution in [0.25, 0.3) is 0 Å². The number of rotatable bonds is 8. The fraction of sp³-hybridized carbons (Fsp3) is 0.217. The number of hydrogen-bond acceptors (Lipinski definition) is 5. The average molecular weight is 408 g/mol. The standard InChI is InChI=1S/C23H24N2O5/c1-16(2)17-8-10-19(11-9-17)29-15-22(26)24-25-23(27)21-13-12-20(30-21)14-28-18-6-4-3-5-7-18/h3-13,16H,14-15H2,1-2H3,(H,24,26)(H,25,27). The van der Waals surface area contributed by atoms with Crippen LogP contribution >= 0.6 is 0 Å². The van der Waals surface area contributed by atoms with Crippen molar-refractivity contribution < 1.29 is 23.5 Å². The Bertz CT molecular complexity index is 965. The quantitative estimate of drug-likeness (QED) is 0.553. The first-order valence-corrected chi connectivity index (χ1v) is 9.60. The Morgan fingerprint density at radius 3 is 2.27 bits per heavy atom. The minimum Gasteiger partial charge on any atom is -0.486 e. The zero-order chi connectivity index (χ0) is 21.3. The van der Waals surface area contributed by atoms with Gasteiger partial charge in [0.05, 0.1) is 0 Å². The van der Waals surface area contributed by atoms with Crippen molar-refractivity contribution in [3.63, 3.8) is 0 Å². The fourth-order valence-corrected chi connectivity index (χ4v) is 2.57. The lowest BCUT2D eigenvalue weighted by Gasteiger charge is -2.09. The summed E-state index contributed by atoms with van der Waals surface area (Å²) in [6, 6.07) is 20.0. The first-order chi connectivity index (χ1) is 14.5. The molecule has 1 aromatic heterocycles. The summed E-state index contributed by atoms with van der Waals surface area (Å²) in [6.07, 6.45) is 0. The molecule has 1 heterocycles. The molecule has 3 aromatic rings. The van der Waals surface area contributed by atoms with Gasteiger partial charge in [0.1, 0.15) is 23.9 Å². The third-order valence-corrected chi connectivity index (χ3v) is 4.24. The minimum atomic E-state index is -0.574. The Morgan fingerprint density at radius 1 is 0.867 bits per heavy atom. The number of para-hydroxylation sites is 1. The second-order valence-electron chi connectivity index (χ2n) is 6.88. The maximum absolute atomic E-state index is 12.1. The van der Waals surface area contributed by atoms with Crippen LogP contribution in [0.15, 0.2) is 71.1 Å². The van der Waals surface area contributed by atoms with Crippen molar-refractivity contribution in [3.8, 4) is 11.5 Å². The third-order valence-electron chi connectivity index (χ3n) is 4.24. The average Bonchev–Trinajstić information content (AvgIpc) is 3.25. The van der Waals surface area contributed by atoms with E-state index in [1.807, 2.05) is 54.6 Å². The molecule has 2 aromatic carbocycles. The van der Waals surface area contributed by atoms with Crippen molar-refractivity contribution in [2.75, 3.05) is 6.61 Å². The Balaban J connectivity index is 1.40. The lowest BCUT2D eigenvalue weighted by atomic mass is 10.0. The van der Waals surface area contributed by atoms with Gasteiger partial charge in [-0.2, -0.15) is 0 Å². The summed E-state index contributed by atoms with van der Waals surface area (Å²) in [5.41, 5.74) is 5.77. The highest BCUT2D eigenvalue weighted by Crippen LogP contribution is 2.18. The molecule has 0 saturated carbocycles. The molecule has 0 aliphatic heterocycles. The summed E-state index contributed by atoms with van der Waals surface area (Å²) < 4.78 is 16.4. The van der Waals surface area contributed by atoms with Crippen LogP contribution in [0.4, 0.5) is 0 Å². The van der Waals surface area contributed by atoms with E-state index in [1.54, 1.807) is 6.07 Å². The van der Waals surface area contributed by atoms with Gasteiger partial charge in [0, 0.05) is 0 Å². The van der Waals surface area contributed by atoms with E-state index in [4.69, 9.17) is 13.9 Å². The minimum absolute atomic E-state index is 0.0622. The molecule has 2 N–H and O–H groups in total. The van der Waals surface area contributed by atoms with Gasteiger partial charge in [0.15, 0.2) is 12.4 Å². The number of benzene rings is 2. The van der Waals surface area contributed by atoms with E-state index in [9.17, 15) is 9.59 Å². The predicted octanol–water partition coefficient (Wildman–Crippen LogP) is 3.82. The van der Waals surface area contributed by atoms with Crippen LogP contribution in [0.1, 0.15) is 41.6 Å². The molecule has 0 fully saturated rings. The molecular weight excluding hydrogens is 384 g/mol. The Hall–Kier alpha value is -3.74. The molecule has 30 heavy (non-hydrogen) atoms. The SMILES string of the molecule is CC(C)c1ccc(OCC(=O)NNC(=O)c2ccc(COc3ccccc3)o2)cc1. The molecule has 7 nitrogen and oxygen atoms in total.